The first-order valence-corrected chi connectivity index (χ1v) is 5.90. The molecule has 1 fully saturated rings. The molecule has 0 amide bonds. The Morgan fingerprint density at radius 3 is 2.93 bits per heavy atom. The zero-order chi connectivity index (χ0) is 11.1. The lowest BCUT2D eigenvalue weighted by Gasteiger charge is -2.22. The van der Waals surface area contributed by atoms with Crippen LogP contribution in [0.25, 0.3) is 0 Å². The van der Waals surface area contributed by atoms with Crippen LogP contribution in [0.3, 0.4) is 0 Å². The summed E-state index contributed by atoms with van der Waals surface area (Å²) in [7, 11) is 3.94. The van der Waals surface area contributed by atoms with Gasteiger partial charge in [0.25, 0.3) is 0 Å². The summed E-state index contributed by atoms with van der Waals surface area (Å²) < 4.78 is 5.22. The molecule has 1 saturated heterocycles. The van der Waals surface area contributed by atoms with Crippen molar-refractivity contribution < 1.29 is 4.74 Å². The molecule has 3 N–H and O–H groups in total. The number of nitrogens with two attached hydrogens (primary N) is 1. The smallest absolute Gasteiger partial charge is 0.0615 e. The van der Waals surface area contributed by atoms with Crippen LogP contribution in [0.4, 0.5) is 0 Å². The summed E-state index contributed by atoms with van der Waals surface area (Å²) in [5.41, 5.74) is 5.53. The van der Waals surface area contributed by atoms with Crippen LogP contribution in [0.15, 0.2) is 0 Å². The third-order valence-corrected chi connectivity index (χ3v) is 2.99. The van der Waals surface area contributed by atoms with Gasteiger partial charge in [0.2, 0.25) is 0 Å². The van der Waals surface area contributed by atoms with Gasteiger partial charge in [-0.15, -0.1) is 0 Å². The van der Waals surface area contributed by atoms with E-state index in [1.165, 1.54) is 13.0 Å². The summed E-state index contributed by atoms with van der Waals surface area (Å²) >= 11 is 0. The fraction of sp³-hybridized carbons (Fsp3) is 1.00. The maximum Gasteiger partial charge on any atom is 0.0615 e. The second kappa shape index (κ2) is 7.17. The number of likely N-dealkylation sites (N-methyl/N-ethyl adjacent to an activating group) is 1. The molecule has 0 aromatic carbocycles. The van der Waals surface area contributed by atoms with E-state index in [1.807, 2.05) is 0 Å². The molecule has 0 aromatic heterocycles. The largest absolute Gasteiger partial charge is 0.383 e. The quantitative estimate of drug-likeness (QED) is 0.629. The standard InChI is InChI=1S/C11H25N3O/c1-14-7-5-10(8-14)13-11(9-15-2)4-3-6-12/h10-11,13H,3-9,12H2,1-2H3. The van der Waals surface area contributed by atoms with E-state index in [0.29, 0.717) is 12.1 Å². The van der Waals surface area contributed by atoms with Gasteiger partial charge in [-0.2, -0.15) is 0 Å². The van der Waals surface area contributed by atoms with Crippen molar-refractivity contribution in [3.8, 4) is 0 Å². The minimum Gasteiger partial charge on any atom is -0.383 e. The van der Waals surface area contributed by atoms with Gasteiger partial charge in [0.1, 0.15) is 0 Å². The maximum atomic E-state index is 5.53. The van der Waals surface area contributed by atoms with Crippen molar-refractivity contribution >= 4 is 0 Å². The van der Waals surface area contributed by atoms with Gasteiger partial charge in [0, 0.05) is 25.7 Å². The number of rotatable bonds is 7. The summed E-state index contributed by atoms with van der Waals surface area (Å²) in [5, 5.41) is 3.66. The zero-order valence-electron chi connectivity index (χ0n) is 10.0. The Balaban J connectivity index is 2.23. The van der Waals surface area contributed by atoms with E-state index < -0.39 is 0 Å². The minimum atomic E-state index is 0.468. The topological polar surface area (TPSA) is 50.5 Å². The summed E-state index contributed by atoms with van der Waals surface area (Å²) in [4.78, 5) is 2.37. The molecule has 15 heavy (non-hydrogen) atoms. The molecule has 1 aliphatic heterocycles. The Hall–Kier alpha value is -0.160. The Kier molecular flexibility index (Phi) is 6.17. The number of nitrogens with one attached hydrogen (secondary N) is 1. The van der Waals surface area contributed by atoms with Crippen LogP contribution in [0.1, 0.15) is 19.3 Å². The Labute approximate surface area is 93.1 Å². The average Bonchev–Trinajstić information content (AvgIpc) is 2.61. The predicted molar refractivity (Wildman–Crippen MR) is 63.0 cm³/mol. The monoisotopic (exact) mass is 215 g/mol. The van der Waals surface area contributed by atoms with E-state index in [0.717, 1.165) is 32.5 Å². The number of ether oxygens (including phenoxy) is 1. The van der Waals surface area contributed by atoms with E-state index in [2.05, 4.69) is 17.3 Å². The molecule has 90 valence electrons. The molecule has 0 radical (unpaired) electrons. The first kappa shape index (κ1) is 12.9. The van der Waals surface area contributed by atoms with Crippen molar-refractivity contribution in [1.29, 1.82) is 0 Å². The lowest BCUT2D eigenvalue weighted by Crippen LogP contribution is -2.42. The van der Waals surface area contributed by atoms with E-state index >= 15 is 0 Å². The van der Waals surface area contributed by atoms with Crippen molar-refractivity contribution in [1.82, 2.24) is 10.2 Å². The molecule has 1 heterocycles. The first-order valence-electron chi connectivity index (χ1n) is 5.90. The Bertz CT molecular complexity index is 166. The third kappa shape index (κ3) is 4.93. The lowest BCUT2D eigenvalue weighted by atomic mass is 10.1. The molecule has 0 spiro atoms. The van der Waals surface area contributed by atoms with Crippen molar-refractivity contribution in [3.05, 3.63) is 0 Å². The average molecular weight is 215 g/mol. The van der Waals surface area contributed by atoms with E-state index in [1.54, 1.807) is 7.11 Å². The maximum absolute atomic E-state index is 5.53. The first-order chi connectivity index (χ1) is 7.26. The molecule has 4 nitrogen and oxygen atoms in total. The van der Waals surface area contributed by atoms with Crippen molar-refractivity contribution in [2.75, 3.05) is 40.4 Å². The van der Waals surface area contributed by atoms with Gasteiger partial charge in [-0.1, -0.05) is 0 Å². The fourth-order valence-electron chi connectivity index (χ4n) is 2.18. The van der Waals surface area contributed by atoms with Gasteiger partial charge in [0.15, 0.2) is 0 Å². The predicted octanol–water partition coefficient (Wildman–Crippen LogP) is 0.0340. The molecule has 4 heteroatoms. The van der Waals surface area contributed by atoms with Gasteiger partial charge in [-0.05, 0) is 39.4 Å². The highest BCUT2D eigenvalue weighted by atomic mass is 16.5. The third-order valence-electron chi connectivity index (χ3n) is 2.99. The summed E-state index contributed by atoms with van der Waals surface area (Å²) in [6, 6.07) is 1.10. The van der Waals surface area contributed by atoms with Crippen molar-refractivity contribution in [2.24, 2.45) is 5.73 Å². The normalized spacial score (nSPS) is 24.6. The fourth-order valence-corrected chi connectivity index (χ4v) is 2.18. The molecule has 1 rings (SSSR count). The molecule has 2 unspecified atom stereocenters. The number of likely N-dealkylation sites (tertiary alicyclic amines) is 1. The molecule has 0 aliphatic carbocycles. The molecule has 1 aliphatic rings. The van der Waals surface area contributed by atoms with E-state index in [4.69, 9.17) is 10.5 Å². The zero-order valence-corrected chi connectivity index (χ0v) is 10.0. The van der Waals surface area contributed by atoms with Crippen LogP contribution >= 0.6 is 0 Å². The highest BCUT2D eigenvalue weighted by Crippen LogP contribution is 2.08. The molecular weight excluding hydrogens is 190 g/mol. The lowest BCUT2D eigenvalue weighted by molar-refractivity contribution is 0.155. The highest BCUT2D eigenvalue weighted by Gasteiger charge is 2.21. The summed E-state index contributed by atoms with van der Waals surface area (Å²) in [6.07, 6.45) is 3.44. The molecule has 2 atom stereocenters. The number of hydrogen-bond donors (Lipinski definition) is 2. The Morgan fingerprint density at radius 2 is 2.40 bits per heavy atom. The van der Waals surface area contributed by atoms with Crippen LogP contribution < -0.4 is 11.1 Å². The minimum absolute atomic E-state index is 0.468. The van der Waals surface area contributed by atoms with Crippen LogP contribution in [0.5, 0.6) is 0 Å². The SMILES string of the molecule is COCC(CCCN)NC1CCN(C)C1. The van der Waals surface area contributed by atoms with E-state index in [9.17, 15) is 0 Å². The van der Waals surface area contributed by atoms with Crippen LogP contribution in [0, 0.1) is 0 Å². The Morgan fingerprint density at radius 1 is 1.60 bits per heavy atom. The van der Waals surface area contributed by atoms with Gasteiger partial charge < -0.3 is 20.7 Å². The van der Waals surface area contributed by atoms with Gasteiger partial charge in [-0.3, -0.25) is 0 Å². The molecular formula is C11H25N3O. The molecule has 0 saturated carbocycles. The van der Waals surface area contributed by atoms with Crippen LogP contribution in [-0.4, -0.2) is 57.4 Å². The highest BCUT2D eigenvalue weighted by molar-refractivity contribution is 4.82. The molecule has 0 aromatic rings. The number of methoxy groups -OCH3 is 1. The second-order valence-electron chi connectivity index (χ2n) is 4.50. The van der Waals surface area contributed by atoms with Crippen LogP contribution in [-0.2, 0) is 4.74 Å². The number of nitrogens with zero attached hydrogens (tertiary/aromatic N) is 1. The van der Waals surface area contributed by atoms with Gasteiger partial charge >= 0.3 is 0 Å². The van der Waals surface area contributed by atoms with E-state index in [-0.39, 0.29) is 0 Å². The summed E-state index contributed by atoms with van der Waals surface area (Å²) in [5.74, 6) is 0. The van der Waals surface area contributed by atoms with Crippen molar-refractivity contribution in [3.63, 3.8) is 0 Å². The molecule has 0 bridgehead atoms. The van der Waals surface area contributed by atoms with Crippen LogP contribution in [0.2, 0.25) is 0 Å². The van der Waals surface area contributed by atoms with Gasteiger partial charge in [-0.25, -0.2) is 0 Å². The van der Waals surface area contributed by atoms with Crippen molar-refractivity contribution in [2.45, 2.75) is 31.3 Å². The number of hydrogen-bond acceptors (Lipinski definition) is 4. The van der Waals surface area contributed by atoms with Gasteiger partial charge in [0.05, 0.1) is 6.61 Å². The summed E-state index contributed by atoms with van der Waals surface area (Å²) in [6.45, 7) is 3.92. The second-order valence-corrected chi connectivity index (χ2v) is 4.50.